The van der Waals surface area contributed by atoms with Crippen molar-refractivity contribution in [3.8, 4) is 0 Å². The second-order valence-electron chi connectivity index (χ2n) is 4.55. The van der Waals surface area contributed by atoms with Crippen molar-refractivity contribution in [2.45, 2.75) is 24.0 Å². The summed E-state index contributed by atoms with van der Waals surface area (Å²) in [5.41, 5.74) is 0.635. The zero-order chi connectivity index (χ0) is 13.2. The molecular weight excluding hydrogens is 381 g/mol. The fourth-order valence-corrected chi connectivity index (χ4v) is 3.43. The van der Waals surface area contributed by atoms with Gasteiger partial charge < -0.3 is 5.32 Å². The van der Waals surface area contributed by atoms with Crippen molar-refractivity contribution in [3.05, 3.63) is 32.4 Å². The van der Waals surface area contributed by atoms with E-state index >= 15 is 0 Å². The van der Waals surface area contributed by atoms with E-state index in [2.05, 4.69) is 34.2 Å². The number of carbonyl (C=O) groups is 1. The Bertz CT molecular complexity index is 457. The van der Waals surface area contributed by atoms with Crippen LogP contribution >= 0.6 is 46.0 Å². The summed E-state index contributed by atoms with van der Waals surface area (Å²) in [6.07, 6.45) is 5.78. The first kappa shape index (κ1) is 14.5. The lowest BCUT2D eigenvalue weighted by Crippen LogP contribution is -2.45. The van der Waals surface area contributed by atoms with Gasteiger partial charge in [0.05, 0.1) is 5.02 Å². The van der Waals surface area contributed by atoms with E-state index in [0.29, 0.717) is 10.6 Å². The van der Waals surface area contributed by atoms with Crippen molar-refractivity contribution in [1.82, 2.24) is 5.32 Å². The van der Waals surface area contributed by atoms with Gasteiger partial charge in [-0.3, -0.25) is 4.79 Å². The first-order valence-electron chi connectivity index (χ1n) is 5.85. The molecule has 0 saturated heterocycles. The number of carbonyl (C=O) groups excluding carboxylic acids is 1. The molecule has 0 radical (unpaired) electrons. The molecule has 18 heavy (non-hydrogen) atoms. The Morgan fingerprint density at radius 3 is 2.78 bits per heavy atom. The van der Waals surface area contributed by atoms with Crippen LogP contribution in [0.5, 0.6) is 0 Å². The van der Waals surface area contributed by atoms with E-state index in [9.17, 15) is 4.79 Å². The van der Waals surface area contributed by atoms with Crippen molar-refractivity contribution in [3.63, 3.8) is 0 Å². The van der Waals surface area contributed by atoms with E-state index in [0.717, 1.165) is 10.1 Å². The number of amides is 1. The molecule has 0 aliphatic heterocycles. The summed E-state index contributed by atoms with van der Waals surface area (Å²) in [6.45, 7) is 0.747. The maximum atomic E-state index is 12.0. The Balaban J connectivity index is 1.97. The van der Waals surface area contributed by atoms with Gasteiger partial charge in [-0.15, -0.1) is 0 Å². The van der Waals surface area contributed by atoms with E-state index in [1.807, 2.05) is 23.9 Å². The summed E-state index contributed by atoms with van der Waals surface area (Å²) in [5.74, 6) is -0.0337. The molecule has 0 bridgehead atoms. The van der Waals surface area contributed by atoms with E-state index in [-0.39, 0.29) is 10.7 Å². The third-order valence-corrected chi connectivity index (χ3v) is 6.44. The smallest absolute Gasteiger partial charge is 0.251 e. The Kier molecular flexibility index (Phi) is 4.83. The summed E-state index contributed by atoms with van der Waals surface area (Å²) in [7, 11) is 0. The van der Waals surface area contributed by atoms with Crippen LogP contribution in [0.15, 0.2) is 18.2 Å². The lowest BCUT2D eigenvalue weighted by Gasteiger charge is -2.40. The van der Waals surface area contributed by atoms with E-state index in [4.69, 9.17) is 11.6 Å². The maximum Gasteiger partial charge on any atom is 0.251 e. The molecular formula is C13H15ClINOS. The molecule has 1 amide bonds. The molecule has 1 fully saturated rings. The van der Waals surface area contributed by atoms with Gasteiger partial charge in [-0.25, -0.2) is 0 Å². The summed E-state index contributed by atoms with van der Waals surface area (Å²) in [6, 6.07) is 5.41. The average molecular weight is 396 g/mol. The summed E-state index contributed by atoms with van der Waals surface area (Å²) < 4.78 is 1.23. The zero-order valence-electron chi connectivity index (χ0n) is 10.1. The Hall–Kier alpha value is 0.0600. The van der Waals surface area contributed by atoms with Gasteiger partial charge in [0, 0.05) is 20.4 Å². The van der Waals surface area contributed by atoms with Crippen molar-refractivity contribution in [2.75, 3.05) is 12.8 Å². The summed E-state index contributed by atoms with van der Waals surface area (Å²) >= 11 is 10.0. The molecule has 1 saturated carbocycles. The largest absolute Gasteiger partial charge is 0.351 e. The van der Waals surface area contributed by atoms with Crippen LogP contribution in [0.2, 0.25) is 5.02 Å². The SMILES string of the molecule is CSC1(CNC(=O)c2ccc(I)c(Cl)c2)CCC1. The molecule has 0 heterocycles. The van der Waals surface area contributed by atoms with Gasteiger partial charge in [0.25, 0.3) is 5.91 Å². The third kappa shape index (κ3) is 3.14. The topological polar surface area (TPSA) is 29.1 Å². The molecule has 2 rings (SSSR count). The number of hydrogen-bond acceptors (Lipinski definition) is 2. The molecule has 0 aromatic heterocycles. The molecule has 1 aromatic rings. The van der Waals surface area contributed by atoms with Crippen molar-refractivity contribution >= 4 is 51.9 Å². The van der Waals surface area contributed by atoms with Gasteiger partial charge >= 0.3 is 0 Å². The molecule has 0 unspecified atom stereocenters. The minimum Gasteiger partial charge on any atom is -0.351 e. The second-order valence-corrected chi connectivity index (χ2v) is 7.40. The highest BCUT2D eigenvalue weighted by Crippen LogP contribution is 2.42. The molecule has 2 nitrogen and oxygen atoms in total. The molecule has 98 valence electrons. The summed E-state index contributed by atoms with van der Waals surface area (Å²) in [4.78, 5) is 12.0. The van der Waals surface area contributed by atoms with Crippen molar-refractivity contribution < 1.29 is 4.79 Å². The van der Waals surface area contributed by atoms with Gasteiger partial charge in [-0.1, -0.05) is 18.0 Å². The number of thioether (sulfide) groups is 1. The van der Waals surface area contributed by atoms with Gasteiger partial charge in [0.2, 0.25) is 0 Å². The Labute approximate surface area is 130 Å². The fraction of sp³-hybridized carbons (Fsp3) is 0.462. The van der Waals surface area contributed by atoms with Crippen LogP contribution < -0.4 is 5.32 Å². The molecule has 1 aliphatic rings. The second kappa shape index (κ2) is 6.01. The number of rotatable bonds is 4. The maximum absolute atomic E-state index is 12.0. The highest BCUT2D eigenvalue weighted by Gasteiger charge is 2.36. The molecule has 0 atom stereocenters. The monoisotopic (exact) mass is 395 g/mol. The molecule has 1 aromatic carbocycles. The van der Waals surface area contributed by atoms with E-state index in [1.54, 1.807) is 6.07 Å². The highest BCUT2D eigenvalue weighted by molar-refractivity contribution is 14.1. The third-order valence-electron chi connectivity index (χ3n) is 3.45. The van der Waals surface area contributed by atoms with Gasteiger partial charge in [-0.05, 0) is 59.9 Å². The number of halogens is 2. The molecule has 0 spiro atoms. The first-order valence-corrected chi connectivity index (χ1v) is 8.53. The minimum atomic E-state index is -0.0337. The van der Waals surface area contributed by atoms with Crippen LogP contribution in [0.4, 0.5) is 0 Å². The number of nitrogens with one attached hydrogen (secondary N) is 1. The van der Waals surface area contributed by atoms with Crippen LogP contribution in [0.3, 0.4) is 0 Å². The Morgan fingerprint density at radius 1 is 1.56 bits per heavy atom. The van der Waals surface area contributed by atoms with Crippen LogP contribution in [0.1, 0.15) is 29.6 Å². The number of benzene rings is 1. The fourth-order valence-electron chi connectivity index (χ4n) is 2.00. The van der Waals surface area contributed by atoms with Gasteiger partial charge in [0.15, 0.2) is 0 Å². The summed E-state index contributed by atoms with van der Waals surface area (Å²) in [5, 5.41) is 3.65. The minimum absolute atomic E-state index is 0.0337. The molecule has 5 heteroatoms. The van der Waals surface area contributed by atoms with Gasteiger partial charge in [0.1, 0.15) is 0 Å². The normalized spacial score (nSPS) is 17.1. The highest BCUT2D eigenvalue weighted by atomic mass is 127. The predicted molar refractivity (Wildman–Crippen MR) is 86.6 cm³/mol. The van der Waals surface area contributed by atoms with Crippen molar-refractivity contribution in [1.29, 1.82) is 0 Å². The van der Waals surface area contributed by atoms with Crippen LogP contribution in [-0.2, 0) is 0 Å². The van der Waals surface area contributed by atoms with Crippen LogP contribution in [0.25, 0.3) is 0 Å². The van der Waals surface area contributed by atoms with Crippen molar-refractivity contribution in [2.24, 2.45) is 0 Å². The lowest BCUT2D eigenvalue weighted by molar-refractivity contribution is 0.0944. The standard InChI is InChI=1S/C13H15ClINOS/c1-18-13(5-2-6-13)8-16-12(17)9-3-4-11(15)10(14)7-9/h3-4,7H,2,5-6,8H2,1H3,(H,16,17). The average Bonchev–Trinajstić information content (AvgIpc) is 2.31. The first-order chi connectivity index (χ1) is 8.56. The van der Waals surface area contributed by atoms with Gasteiger partial charge in [-0.2, -0.15) is 11.8 Å². The Morgan fingerprint density at radius 2 is 2.28 bits per heavy atom. The van der Waals surface area contributed by atoms with E-state index < -0.39 is 0 Å². The van der Waals surface area contributed by atoms with E-state index in [1.165, 1.54) is 19.3 Å². The van der Waals surface area contributed by atoms with Crippen LogP contribution in [0, 0.1) is 3.57 Å². The predicted octanol–water partition coefficient (Wildman–Crippen LogP) is 3.96. The molecule has 1 aliphatic carbocycles. The number of hydrogen-bond donors (Lipinski definition) is 1. The van der Waals surface area contributed by atoms with Crippen LogP contribution in [-0.4, -0.2) is 23.5 Å². The zero-order valence-corrected chi connectivity index (χ0v) is 13.9. The quantitative estimate of drug-likeness (QED) is 0.782. The lowest BCUT2D eigenvalue weighted by atomic mass is 9.84. The molecule has 1 N–H and O–H groups in total.